The van der Waals surface area contributed by atoms with Gasteiger partial charge in [0, 0.05) is 28.9 Å². The number of anilines is 1. The Morgan fingerprint density at radius 3 is 2.71 bits per heavy atom. The number of methoxy groups -OCH3 is 1. The number of carbonyl (C=O) groups excluding carboxylic acids is 1. The van der Waals surface area contributed by atoms with Gasteiger partial charge < -0.3 is 9.47 Å². The Bertz CT molecular complexity index is 1140. The number of para-hydroxylation sites is 1. The van der Waals surface area contributed by atoms with Gasteiger partial charge in [-0.05, 0) is 56.9 Å². The molecule has 0 spiro atoms. The van der Waals surface area contributed by atoms with E-state index in [0.717, 1.165) is 41.6 Å². The van der Waals surface area contributed by atoms with Crippen molar-refractivity contribution in [3.8, 4) is 22.6 Å². The van der Waals surface area contributed by atoms with Gasteiger partial charge in [-0.3, -0.25) is 9.58 Å². The van der Waals surface area contributed by atoms with Crippen molar-refractivity contribution < 1.29 is 18.7 Å². The average Bonchev–Trinajstić information content (AvgIpc) is 3.52. The lowest BCUT2D eigenvalue weighted by Gasteiger charge is -2.35. The zero-order valence-corrected chi connectivity index (χ0v) is 17.5. The van der Waals surface area contributed by atoms with Crippen LogP contribution < -0.4 is 9.64 Å². The topological polar surface area (TPSA) is 56.6 Å². The van der Waals surface area contributed by atoms with Gasteiger partial charge in [-0.15, -0.1) is 0 Å². The summed E-state index contributed by atoms with van der Waals surface area (Å²) in [6.07, 6.45) is 7.14. The van der Waals surface area contributed by atoms with E-state index in [0.29, 0.717) is 18.2 Å². The van der Waals surface area contributed by atoms with E-state index in [2.05, 4.69) is 5.10 Å². The summed E-state index contributed by atoms with van der Waals surface area (Å²) >= 11 is 0. The minimum absolute atomic E-state index is 0.00951. The molecule has 1 atom stereocenters. The number of rotatable bonds is 4. The van der Waals surface area contributed by atoms with Crippen LogP contribution in [-0.4, -0.2) is 29.0 Å². The third-order valence-electron chi connectivity index (χ3n) is 6.00. The molecule has 0 N–H and O–H groups in total. The summed E-state index contributed by atoms with van der Waals surface area (Å²) in [5.41, 5.74) is 3.33. The molecule has 1 aliphatic heterocycles. The van der Waals surface area contributed by atoms with E-state index >= 15 is 0 Å². The molecular formula is C24H24FN3O3. The first kappa shape index (κ1) is 19.6. The van der Waals surface area contributed by atoms with E-state index in [1.807, 2.05) is 36.1 Å². The fourth-order valence-corrected chi connectivity index (χ4v) is 4.18. The lowest BCUT2D eigenvalue weighted by Crippen LogP contribution is -2.42. The number of fused-ring (bicyclic) bond motifs is 1. The first-order valence-corrected chi connectivity index (χ1v) is 10.6. The van der Waals surface area contributed by atoms with Gasteiger partial charge in [-0.2, -0.15) is 5.10 Å². The SMILES string of the molecule is COC(=O)N1c2ccc(-c3cnn(C4CC4)c3)c(Oc3ccccc3F)c2CC[C@@H]1C. The molecule has 1 aromatic heterocycles. The molecule has 160 valence electrons. The lowest BCUT2D eigenvalue weighted by atomic mass is 9.92. The zero-order chi connectivity index (χ0) is 21.5. The molecule has 5 rings (SSSR count). The first-order valence-electron chi connectivity index (χ1n) is 10.6. The highest BCUT2D eigenvalue weighted by atomic mass is 19.1. The van der Waals surface area contributed by atoms with E-state index in [1.54, 1.807) is 23.1 Å². The van der Waals surface area contributed by atoms with Crippen LogP contribution >= 0.6 is 0 Å². The molecule has 0 radical (unpaired) electrons. The molecule has 0 saturated heterocycles. The molecule has 7 heteroatoms. The van der Waals surface area contributed by atoms with Crippen LogP contribution in [0, 0.1) is 5.82 Å². The maximum atomic E-state index is 14.5. The highest BCUT2D eigenvalue weighted by Gasteiger charge is 2.33. The van der Waals surface area contributed by atoms with E-state index in [1.165, 1.54) is 13.2 Å². The van der Waals surface area contributed by atoms with Gasteiger partial charge in [0.1, 0.15) is 5.75 Å². The second-order valence-electron chi connectivity index (χ2n) is 8.14. The lowest BCUT2D eigenvalue weighted by molar-refractivity contribution is 0.175. The Kier molecular flexibility index (Phi) is 4.88. The Balaban J connectivity index is 1.66. The quantitative estimate of drug-likeness (QED) is 0.540. The van der Waals surface area contributed by atoms with Crippen molar-refractivity contribution in [3.63, 3.8) is 0 Å². The molecule has 0 bridgehead atoms. The molecule has 1 aliphatic carbocycles. The van der Waals surface area contributed by atoms with Crippen molar-refractivity contribution in [3.05, 3.63) is 60.2 Å². The summed E-state index contributed by atoms with van der Waals surface area (Å²) in [7, 11) is 1.38. The molecule has 2 heterocycles. The standard InChI is InChI=1S/C24H24FN3O3/c1-15-7-10-19-21(28(15)24(29)30-2)12-11-18(16-13-26-27(14-16)17-8-9-17)23(19)31-22-6-4-3-5-20(22)25/h3-6,11-15,17H,7-10H2,1-2H3/t15-/m0/s1. The third kappa shape index (κ3) is 3.54. The Hall–Kier alpha value is -3.35. The van der Waals surface area contributed by atoms with Crippen LogP contribution in [0.3, 0.4) is 0 Å². The fourth-order valence-electron chi connectivity index (χ4n) is 4.18. The van der Waals surface area contributed by atoms with Gasteiger partial charge in [0.25, 0.3) is 0 Å². The fraction of sp³-hybridized carbons (Fsp3) is 0.333. The molecule has 31 heavy (non-hydrogen) atoms. The number of carbonyl (C=O) groups is 1. The van der Waals surface area contributed by atoms with Crippen LogP contribution in [0.25, 0.3) is 11.1 Å². The number of aromatic nitrogens is 2. The van der Waals surface area contributed by atoms with Crippen LogP contribution in [0.1, 0.15) is 37.8 Å². The van der Waals surface area contributed by atoms with Crippen molar-refractivity contribution in [2.75, 3.05) is 12.0 Å². The van der Waals surface area contributed by atoms with Crippen LogP contribution in [0.2, 0.25) is 0 Å². The number of halogens is 1. The van der Waals surface area contributed by atoms with E-state index in [-0.39, 0.29) is 11.8 Å². The number of nitrogens with zero attached hydrogens (tertiary/aromatic N) is 3. The molecule has 1 saturated carbocycles. The maximum Gasteiger partial charge on any atom is 0.414 e. The van der Waals surface area contributed by atoms with Crippen LogP contribution in [0.5, 0.6) is 11.5 Å². The van der Waals surface area contributed by atoms with Crippen molar-refractivity contribution in [2.24, 2.45) is 0 Å². The number of hydrogen-bond acceptors (Lipinski definition) is 4. The molecule has 2 aromatic carbocycles. The Morgan fingerprint density at radius 1 is 1.16 bits per heavy atom. The van der Waals surface area contributed by atoms with Crippen molar-refractivity contribution in [1.82, 2.24) is 9.78 Å². The minimum atomic E-state index is -0.436. The number of ether oxygens (including phenoxy) is 2. The molecule has 0 unspecified atom stereocenters. The van der Waals surface area contributed by atoms with Gasteiger partial charge in [-0.1, -0.05) is 12.1 Å². The monoisotopic (exact) mass is 421 g/mol. The Labute approximate surface area is 180 Å². The van der Waals surface area contributed by atoms with Gasteiger partial charge in [0.2, 0.25) is 0 Å². The smallest absolute Gasteiger partial charge is 0.414 e. The maximum absolute atomic E-state index is 14.5. The normalized spacial score (nSPS) is 17.9. The molecule has 6 nitrogen and oxygen atoms in total. The highest BCUT2D eigenvalue weighted by Crippen LogP contribution is 2.45. The third-order valence-corrected chi connectivity index (χ3v) is 6.00. The summed E-state index contributed by atoms with van der Waals surface area (Å²) in [5, 5.41) is 4.50. The summed E-state index contributed by atoms with van der Waals surface area (Å²) in [6, 6.07) is 10.6. The molecular weight excluding hydrogens is 397 g/mol. The van der Waals surface area contributed by atoms with E-state index < -0.39 is 11.9 Å². The van der Waals surface area contributed by atoms with Crippen molar-refractivity contribution in [2.45, 2.75) is 44.7 Å². The predicted octanol–water partition coefficient (Wildman–Crippen LogP) is 5.72. The summed E-state index contributed by atoms with van der Waals surface area (Å²) < 4.78 is 27.6. The van der Waals surface area contributed by atoms with Crippen molar-refractivity contribution >= 4 is 11.8 Å². The second kappa shape index (κ2) is 7.72. The van der Waals surface area contributed by atoms with Gasteiger partial charge in [0.15, 0.2) is 11.6 Å². The number of hydrogen-bond donors (Lipinski definition) is 0. The molecule has 3 aromatic rings. The number of amides is 1. The van der Waals surface area contributed by atoms with Crippen LogP contribution in [-0.2, 0) is 11.2 Å². The summed E-state index contributed by atoms with van der Waals surface area (Å²) in [5.74, 6) is 0.266. The largest absolute Gasteiger partial charge is 0.453 e. The second-order valence-corrected chi connectivity index (χ2v) is 8.14. The van der Waals surface area contributed by atoms with Gasteiger partial charge in [0.05, 0.1) is 25.0 Å². The highest BCUT2D eigenvalue weighted by molar-refractivity contribution is 5.92. The van der Waals surface area contributed by atoms with Gasteiger partial charge in [-0.25, -0.2) is 9.18 Å². The zero-order valence-electron chi connectivity index (χ0n) is 17.5. The van der Waals surface area contributed by atoms with E-state index in [4.69, 9.17) is 9.47 Å². The van der Waals surface area contributed by atoms with Gasteiger partial charge >= 0.3 is 6.09 Å². The van der Waals surface area contributed by atoms with Crippen LogP contribution in [0.4, 0.5) is 14.9 Å². The predicted molar refractivity (Wildman–Crippen MR) is 115 cm³/mol. The first-order chi connectivity index (χ1) is 15.1. The molecule has 1 amide bonds. The van der Waals surface area contributed by atoms with Crippen molar-refractivity contribution in [1.29, 1.82) is 0 Å². The van der Waals surface area contributed by atoms with E-state index in [9.17, 15) is 9.18 Å². The summed E-state index contributed by atoms with van der Waals surface area (Å²) in [4.78, 5) is 14.1. The molecule has 2 aliphatic rings. The minimum Gasteiger partial charge on any atom is -0.453 e. The number of benzene rings is 2. The van der Waals surface area contributed by atoms with Crippen LogP contribution in [0.15, 0.2) is 48.8 Å². The Morgan fingerprint density at radius 2 is 1.97 bits per heavy atom. The average molecular weight is 421 g/mol. The summed E-state index contributed by atoms with van der Waals surface area (Å²) in [6.45, 7) is 1.99. The molecule has 1 fully saturated rings.